The Morgan fingerprint density at radius 3 is 2.50 bits per heavy atom. The van der Waals surface area contributed by atoms with E-state index in [1.54, 1.807) is 7.11 Å². The summed E-state index contributed by atoms with van der Waals surface area (Å²) in [4.78, 5) is 0. The van der Waals surface area contributed by atoms with E-state index in [-0.39, 0.29) is 5.60 Å². The van der Waals surface area contributed by atoms with Crippen LogP contribution in [-0.4, -0.2) is 38.4 Å². The summed E-state index contributed by atoms with van der Waals surface area (Å²) >= 11 is 0. The van der Waals surface area contributed by atoms with Crippen LogP contribution < -0.4 is 10.6 Å². The summed E-state index contributed by atoms with van der Waals surface area (Å²) < 4.78 is 5.33. The Balaban J connectivity index is 3.48. The molecule has 0 heterocycles. The molecule has 0 saturated heterocycles. The number of rotatable bonds is 8. The highest BCUT2D eigenvalue weighted by Crippen LogP contribution is 2.04. The first kappa shape index (κ1) is 13.9. The van der Waals surface area contributed by atoms with Crippen molar-refractivity contribution in [3.8, 4) is 0 Å². The lowest BCUT2D eigenvalue weighted by Crippen LogP contribution is -2.44. The zero-order valence-corrected chi connectivity index (χ0v) is 10.3. The second kappa shape index (κ2) is 7.21. The van der Waals surface area contributed by atoms with Crippen LogP contribution in [0.3, 0.4) is 0 Å². The molecule has 3 heteroatoms. The van der Waals surface area contributed by atoms with Crippen molar-refractivity contribution in [2.45, 2.75) is 45.8 Å². The minimum Gasteiger partial charge on any atom is -0.377 e. The maximum Gasteiger partial charge on any atom is 0.0746 e. The van der Waals surface area contributed by atoms with E-state index in [1.807, 2.05) is 0 Å². The van der Waals surface area contributed by atoms with Gasteiger partial charge in [-0.1, -0.05) is 6.92 Å². The van der Waals surface area contributed by atoms with E-state index in [0.717, 1.165) is 19.6 Å². The largest absolute Gasteiger partial charge is 0.377 e. The molecule has 0 aromatic heterocycles. The van der Waals surface area contributed by atoms with Gasteiger partial charge in [0.1, 0.15) is 0 Å². The highest BCUT2D eigenvalue weighted by Gasteiger charge is 2.16. The third kappa shape index (κ3) is 7.30. The van der Waals surface area contributed by atoms with E-state index in [2.05, 4.69) is 38.3 Å². The molecule has 0 aromatic rings. The maximum absolute atomic E-state index is 5.33. The zero-order valence-electron chi connectivity index (χ0n) is 10.3. The molecular weight excluding hydrogens is 176 g/mol. The van der Waals surface area contributed by atoms with Crippen LogP contribution in [0, 0.1) is 0 Å². The van der Waals surface area contributed by atoms with E-state index in [9.17, 15) is 0 Å². The lowest BCUT2D eigenvalue weighted by Gasteiger charge is -2.25. The van der Waals surface area contributed by atoms with Crippen molar-refractivity contribution in [2.24, 2.45) is 0 Å². The summed E-state index contributed by atoms with van der Waals surface area (Å²) in [6.07, 6.45) is 1.19. The van der Waals surface area contributed by atoms with Crippen LogP contribution in [0.1, 0.15) is 34.1 Å². The average molecular weight is 202 g/mol. The maximum atomic E-state index is 5.33. The first-order valence-corrected chi connectivity index (χ1v) is 5.51. The molecule has 14 heavy (non-hydrogen) atoms. The highest BCUT2D eigenvalue weighted by atomic mass is 16.5. The molecule has 0 aliphatic rings. The first-order valence-electron chi connectivity index (χ1n) is 5.51. The summed E-state index contributed by atoms with van der Waals surface area (Å²) in [5.74, 6) is 0. The number of nitrogens with one attached hydrogen (secondary N) is 2. The minimum absolute atomic E-state index is 0.0704. The molecule has 0 aliphatic carbocycles. The highest BCUT2D eigenvalue weighted by molar-refractivity contribution is 4.74. The van der Waals surface area contributed by atoms with Crippen molar-refractivity contribution in [2.75, 3.05) is 26.7 Å². The van der Waals surface area contributed by atoms with Crippen molar-refractivity contribution in [3.05, 3.63) is 0 Å². The van der Waals surface area contributed by atoms with Crippen LogP contribution in [0.15, 0.2) is 0 Å². The molecule has 0 rings (SSSR count). The summed E-state index contributed by atoms with van der Waals surface area (Å²) in [6, 6.07) is 0.496. The van der Waals surface area contributed by atoms with Gasteiger partial charge in [0, 0.05) is 26.2 Å². The number of hydrogen-bond donors (Lipinski definition) is 2. The van der Waals surface area contributed by atoms with Gasteiger partial charge in [-0.2, -0.15) is 0 Å². The Morgan fingerprint density at radius 1 is 1.36 bits per heavy atom. The standard InChI is InChI=1S/C11H26N2O/c1-6-7-12-8-10(2)13-9-11(3,4)14-5/h10,12-13H,6-9H2,1-5H3. The molecule has 0 spiro atoms. The molecule has 0 aromatic carbocycles. The Bertz CT molecular complexity index is 137. The van der Waals surface area contributed by atoms with Crippen LogP contribution >= 0.6 is 0 Å². The van der Waals surface area contributed by atoms with Gasteiger partial charge in [0.15, 0.2) is 0 Å². The van der Waals surface area contributed by atoms with Crippen LogP contribution in [0.5, 0.6) is 0 Å². The average Bonchev–Trinajstić information content (AvgIpc) is 2.16. The predicted molar refractivity (Wildman–Crippen MR) is 61.7 cm³/mol. The molecule has 0 fully saturated rings. The molecule has 0 amide bonds. The monoisotopic (exact) mass is 202 g/mol. The molecule has 0 radical (unpaired) electrons. The van der Waals surface area contributed by atoms with Gasteiger partial charge in [-0.05, 0) is 33.7 Å². The topological polar surface area (TPSA) is 33.3 Å². The molecular formula is C11H26N2O. The Kier molecular flexibility index (Phi) is 7.15. The lowest BCUT2D eigenvalue weighted by molar-refractivity contribution is 0.0215. The number of hydrogen-bond acceptors (Lipinski definition) is 3. The summed E-state index contributed by atoms with van der Waals surface area (Å²) in [5.41, 5.74) is -0.0704. The normalized spacial score (nSPS) is 14.4. The van der Waals surface area contributed by atoms with Crippen molar-refractivity contribution in [1.82, 2.24) is 10.6 Å². The SMILES string of the molecule is CCCNCC(C)NCC(C)(C)OC. The van der Waals surface area contributed by atoms with Gasteiger partial charge < -0.3 is 15.4 Å². The third-order valence-corrected chi connectivity index (χ3v) is 2.31. The van der Waals surface area contributed by atoms with Crippen LogP contribution in [-0.2, 0) is 4.74 Å². The molecule has 2 N–H and O–H groups in total. The predicted octanol–water partition coefficient (Wildman–Crippen LogP) is 1.39. The van der Waals surface area contributed by atoms with Crippen molar-refractivity contribution in [1.29, 1.82) is 0 Å². The molecule has 3 nitrogen and oxygen atoms in total. The number of methoxy groups -OCH3 is 1. The van der Waals surface area contributed by atoms with Crippen LogP contribution in [0.4, 0.5) is 0 Å². The van der Waals surface area contributed by atoms with E-state index in [1.165, 1.54) is 6.42 Å². The molecule has 1 atom stereocenters. The van der Waals surface area contributed by atoms with E-state index in [0.29, 0.717) is 6.04 Å². The molecule has 0 saturated carbocycles. The lowest BCUT2D eigenvalue weighted by atomic mass is 10.1. The molecule has 86 valence electrons. The van der Waals surface area contributed by atoms with Gasteiger partial charge in [0.25, 0.3) is 0 Å². The molecule has 1 unspecified atom stereocenters. The van der Waals surface area contributed by atoms with Crippen molar-refractivity contribution in [3.63, 3.8) is 0 Å². The van der Waals surface area contributed by atoms with Gasteiger partial charge >= 0.3 is 0 Å². The zero-order chi connectivity index (χ0) is 11.0. The van der Waals surface area contributed by atoms with Crippen molar-refractivity contribution >= 4 is 0 Å². The summed E-state index contributed by atoms with van der Waals surface area (Å²) in [5, 5.41) is 6.83. The minimum atomic E-state index is -0.0704. The van der Waals surface area contributed by atoms with E-state index < -0.39 is 0 Å². The first-order chi connectivity index (χ1) is 6.52. The second-order valence-corrected chi connectivity index (χ2v) is 4.45. The second-order valence-electron chi connectivity index (χ2n) is 4.45. The van der Waals surface area contributed by atoms with Gasteiger partial charge in [0.2, 0.25) is 0 Å². The number of ether oxygens (including phenoxy) is 1. The quantitative estimate of drug-likeness (QED) is 0.584. The Morgan fingerprint density at radius 2 is 2.00 bits per heavy atom. The third-order valence-electron chi connectivity index (χ3n) is 2.31. The summed E-state index contributed by atoms with van der Waals surface area (Å²) in [6.45, 7) is 11.6. The molecule has 0 aliphatic heterocycles. The van der Waals surface area contributed by atoms with Gasteiger partial charge in [-0.25, -0.2) is 0 Å². The Labute approximate surface area is 88.6 Å². The van der Waals surface area contributed by atoms with Crippen molar-refractivity contribution < 1.29 is 4.74 Å². The molecule has 0 bridgehead atoms. The van der Waals surface area contributed by atoms with Gasteiger partial charge in [0.05, 0.1) is 5.60 Å². The fourth-order valence-corrected chi connectivity index (χ4v) is 1.06. The fourth-order valence-electron chi connectivity index (χ4n) is 1.06. The van der Waals surface area contributed by atoms with Crippen LogP contribution in [0.25, 0.3) is 0 Å². The van der Waals surface area contributed by atoms with E-state index in [4.69, 9.17) is 4.74 Å². The van der Waals surface area contributed by atoms with Gasteiger partial charge in [-0.3, -0.25) is 0 Å². The Hall–Kier alpha value is -0.120. The summed E-state index contributed by atoms with van der Waals surface area (Å²) in [7, 11) is 1.75. The van der Waals surface area contributed by atoms with E-state index >= 15 is 0 Å². The van der Waals surface area contributed by atoms with Gasteiger partial charge in [-0.15, -0.1) is 0 Å². The van der Waals surface area contributed by atoms with Crippen LogP contribution in [0.2, 0.25) is 0 Å². The smallest absolute Gasteiger partial charge is 0.0746 e. The fraction of sp³-hybridized carbons (Fsp3) is 1.00.